The van der Waals surface area contributed by atoms with Crippen molar-refractivity contribution in [3.63, 3.8) is 0 Å². The molecule has 1 heterocycles. The molecule has 3 aromatic rings. The lowest BCUT2D eigenvalue weighted by Gasteiger charge is -2.06. The number of amides is 1. The third-order valence-electron chi connectivity index (χ3n) is 3.22. The molecule has 20 heavy (non-hydrogen) atoms. The number of aromatic nitrogens is 1. The molecule has 0 atom stereocenters. The largest absolute Gasteiger partial charge is 0.492 e. The van der Waals surface area contributed by atoms with Crippen molar-refractivity contribution in [2.75, 3.05) is 13.2 Å². The van der Waals surface area contributed by atoms with Crippen LogP contribution in [0.2, 0.25) is 0 Å². The van der Waals surface area contributed by atoms with Crippen molar-refractivity contribution < 1.29 is 9.53 Å². The van der Waals surface area contributed by atoms with E-state index in [2.05, 4.69) is 28.5 Å². The van der Waals surface area contributed by atoms with Gasteiger partial charge in [-0.05, 0) is 18.2 Å². The van der Waals surface area contributed by atoms with Crippen molar-refractivity contribution in [2.24, 2.45) is 0 Å². The first-order valence-corrected chi connectivity index (χ1v) is 6.62. The molecule has 2 aromatic carbocycles. The molecule has 2 N–H and O–H groups in total. The first kappa shape index (κ1) is 12.5. The van der Waals surface area contributed by atoms with Crippen molar-refractivity contribution >= 4 is 27.7 Å². The molecule has 1 amide bonds. The van der Waals surface area contributed by atoms with E-state index in [0.29, 0.717) is 13.2 Å². The van der Waals surface area contributed by atoms with E-state index in [1.807, 2.05) is 24.3 Å². The molecule has 102 valence electrons. The second-order valence-corrected chi connectivity index (χ2v) is 4.71. The Kier molecular flexibility index (Phi) is 3.29. The van der Waals surface area contributed by atoms with Gasteiger partial charge in [0.15, 0.2) is 0 Å². The summed E-state index contributed by atoms with van der Waals surface area (Å²) in [6, 6.07) is 14.2. The number of para-hydroxylation sites is 1. The van der Waals surface area contributed by atoms with E-state index in [9.17, 15) is 4.79 Å². The molecule has 0 saturated carbocycles. The van der Waals surface area contributed by atoms with Crippen molar-refractivity contribution in [1.29, 1.82) is 0 Å². The fourth-order valence-electron chi connectivity index (χ4n) is 2.32. The van der Waals surface area contributed by atoms with Crippen LogP contribution in [0, 0.1) is 0 Å². The molecule has 0 saturated heterocycles. The van der Waals surface area contributed by atoms with Crippen LogP contribution in [0.5, 0.6) is 5.75 Å². The topological polar surface area (TPSA) is 54.1 Å². The lowest BCUT2D eigenvalue weighted by Crippen LogP contribution is -2.25. The van der Waals surface area contributed by atoms with Crippen LogP contribution in [0.3, 0.4) is 0 Å². The number of carbonyl (C=O) groups excluding carboxylic acids is 1. The summed E-state index contributed by atoms with van der Waals surface area (Å²) in [4.78, 5) is 14.1. The highest BCUT2D eigenvalue weighted by atomic mass is 16.5. The molecular formula is C16H16N2O2. The van der Waals surface area contributed by atoms with Crippen LogP contribution in [-0.2, 0) is 4.79 Å². The number of rotatable bonds is 4. The first-order chi connectivity index (χ1) is 9.74. The van der Waals surface area contributed by atoms with Crippen molar-refractivity contribution in [2.45, 2.75) is 6.92 Å². The van der Waals surface area contributed by atoms with Crippen molar-refractivity contribution in [1.82, 2.24) is 10.3 Å². The molecule has 0 spiro atoms. The van der Waals surface area contributed by atoms with E-state index in [1.54, 1.807) is 0 Å². The summed E-state index contributed by atoms with van der Waals surface area (Å²) in [5.41, 5.74) is 2.18. The molecule has 0 aliphatic heterocycles. The van der Waals surface area contributed by atoms with E-state index >= 15 is 0 Å². The maximum Gasteiger partial charge on any atom is 0.216 e. The van der Waals surface area contributed by atoms with Crippen LogP contribution in [0.1, 0.15) is 6.92 Å². The van der Waals surface area contributed by atoms with Crippen LogP contribution in [0.15, 0.2) is 42.5 Å². The van der Waals surface area contributed by atoms with Gasteiger partial charge >= 0.3 is 0 Å². The minimum atomic E-state index is -0.0420. The van der Waals surface area contributed by atoms with Gasteiger partial charge in [0.2, 0.25) is 5.91 Å². The lowest BCUT2D eigenvalue weighted by atomic mass is 10.1. The lowest BCUT2D eigenvalue weighted by molar-refractivity contribution is -0.119. The number of carbonyl (C=O) groups is 1. The van der Waals surface area contributed by atoms with E-state index in [0.717, 1.165) is 16.8 Å². The highest BCUT2D eigenvalue weighted by molar-refractivity contribution is 6.07. The van der Waals surface area contributed by atoms with Gasteiger partial charge in [0, 0.05) is 29.3 Å². The van der Waals surface area contributed by atoms with Gasteiger partial charge in [0.1, 0.15) is 12.4 Å². The number of ether oxygens (including phenoxy) is 1. The number of benzene rings is 2. The molecule has 0 aliphatic rings. The van der Waals surface area contributed by atoms with E-state index in [1.165, 1.54) is 17.7 Å². The standard InChI is InChI=1S/C16H16N2O2/c1-11(19)17-8-9-20-12-6-7-14-13-4-2-3-5-15(13)18-16(14)10-12/h2-7,10,18H,8-9H2,1H3,(H,17,19). The Morgan fingerprint density at radius 2 is 1.95 bits per heavy atom. The summed E-state index contributed by atoms with van der Waals surface area (Å²) in [6.45, 7) is 2.47. The molecule has 0 bridgehead atoms. The molecule has 0 unspecified atom stereocenters. The highest BCUT2D eigenvalue weighted by Gasteiger charge is 2.04. The second kappa shape index (κ2) is 5.25. The molecule has 0 fully saturated rings. The van der Waals surface area contributed by atoms with Gasteiger partial charge in [-0.25, -0.2) is 0 Å². The zero-order chi connectivity index (χ0) is 13.9. The van der Waals surface area contributed by atoms with Crippen LogP contribution in [0.25, 0.3) is 21.8 Å². The van der Waals surface area contributed by atoms with E-state index < -0.39 is 0 Å². The van der Waals surface area contributed by atoms with Crippen LogP contribution >= 0.6 is 0 Å². The van der Waals surface area contributed by atoms with Crippen LogP contribution in [-0.4, -0.2) is 24.0 Å². The van der Waals surface area contributed by atoms with Gasteiger partial charge in [-0.15, -0.1) is 0 Å². The first-order valence-electron chi connectivity index (χ1n) is 6.62. The fraction of sp³-hybridized carbons (Fsp3) is 0.188. The van der Waals surface area contributed by atoms with Gasteiger partial charge in [0.05, 0.1) is 12.1 Å². The monoisotopic (exact) mass is 268 g/mol. The number of H-pyrrole nitrogens is 1. The summed E-state index contributed by atoms with van der Waals surface area (Å²) in [6.07, 6.45) is 0. The molecule has 4 heteroatoms. The molecule has 0 aliphatic carbocycles. The Bertz CT molecular complexity index is 761. The minimum Gasteiger partial charge on any atom is -0.492 e. The molecule has 1 aromatic heterocycles. The van der Waals surface area contributed by atoms with E-state index in [-0.39, 0.29) is 5.91 Å². The summed E-state index contributed by atoms with van der Waals surface area (Å²) >= 11 is 0. The Morgan fingerprint density at radius 1 is 1.15 bits per heavy atom. The maximum absolute atomic E-state index is 10.8. The predicted molar refractivity (Wildman–Crippen MR) is 80.0 cm³/mol. The number of hydrogen-bond donors (Lipinski definition) is 2. The summed E-state index contributed by atoms with van der Waals surface area (Å²) in [5, 5.41) is 5.11. The number of nitrogens with one attached hydrogen (secondary N) is 2. The maximum atomic E-state index is 10.8. The molecule has 4 nitrogen and oxygen atoms in total. The van der Waals surface area contributed by atoms with Crippen LogP contribution in [0.4, 0.5) is 0 Å². The van der Waals surface area contributed by atoms with E-state index in [4.69, 9.17) is 4.74 Å². The zero-order valence-corrected chi connectivity index (χ0v) is 11.3. The molecular weight excluding hydrogens is 252 g/mol. The number of fused-ring (bicyclic) bond motifs is 3. The summed E-state index contributed by atoms with van der Waals surface area (Å²) in [7, 11) is 0. The van der Waals surface area contributed by atoms with Gasteiger partial charge < -0.3 is 15.0 Å². The molecule has 3 rings (SSSR count). The average Bonchev–Trinajstić information content (AvgIpc) is 2.81. The Hall–Kier alpha value is -2.49. The normalized spacial score (nSPS) is 10.8. The molecule has 0 radical (unpaired) electrons. The average molecular weight is 268 g/mol. The fourth-order valence-corrected chi connectivity index (χ4v) is 2.32. The highest BCUT2D eigenvalue weighted by Crippen LogP contribution is 2.27. The quantitative estimate of drug-likeness (QED) is 0.715. The number of aromatic amines is 1. The Labute approximate surface area is 116 Å². The predicted octanol–water partition coefficient (Wildman–Crippen LogP) is 2.84. The summed E-state index contributed by atoms with van der Waals surface area (Å²) in [5.74, 6) is 0.758. The third kappa shape index (κ3) is 2.45. The van der Waals surface area contributed by atoms with Crippen LogP contribution < -0.4 is 10.1 Å². The van der Waals surface area contributed by atoms with Gasteiger partial charge in [-0.1, -0.05) is 18.2 Å². The SMILES string of the molecule is CC(=O)NCCOc1ccc2c(c1)[nH]c1ccccc12. The Morgan fingerprint density at radius 3 is 2.80 bits per heavy atom. The summed E-state index contributed by atoms with van der Waals surface area (Å²) < 4.78 is 5.63. The third-order valence-corrected chi connectivity index (χ3v) is 3.22. The van der Waals surface area contributed by atoms with Crippen molar-refractivity contribution in [3.8, 4) is 5.75 Å². The van der Waals surface area contributed by atoms with Gasteiger partial charge in [-0.2, -0.15) is 0 Å². The van der Waals surface area contributed by atoms with Gasteiger partial charge in [-0.3, -0.25) is 4.79 Å². The second-order valence-electron chi connectivity index (χ2n) is 4.71. The Balaban J connectivity index is 1.80. The smallest absolute Gasteiger partial charge is 0.216 e. The van der Waals surface area contributed by atoms with Gasteiger partial charge in [0.25, 0.3) is 0 Å². The minimum absolute atomic E-state index is 0.0420. The number of hydrogen-bond acceptors (Lipinski definition) is 2. The van der Waals surface area contributed by atoms with Crippen molar-refractivity contribution in [3.05, 3.63) is 42.5 Å². The zero-order valence-electron chi connectivity index (χ0n) is 11.3.